The number of esters is 2. The van der Waals surface area contributed by atoms with Crippen molar-refractivity contribution in [1.82, 2.24) is 0 Å². The minimum atomic E-state index is -5.40. The Morgan fingerprint density at radius 2 is 1.02 bits per heavy atom. The summed E-state index contributed by atoms with van der Waals surface area (Å²) in [6, 6.07) is 0. The molecule has 1 saturated carbocycles. The summed E-state index contributed by atoms with van der Waals surface area (Å²) in [5.74, 6) is 32.8. The molecule has 0 aromatic heterocycles. The van der Waals surface area contributed by atoms with Crippen LogP contribution >= 0.6 is 15.6 Å². The van der Waals surface area contributed by atoms with E-state index in [1.807, 2.05) is 5.92 Å². The van der Waals surface area contributed by atoms with E-state index in [2.05, 4.69) is 94.3 Å². The first-order valence-electron chi connectivity index (χ1n) is 19.1. The zero-order valence-electron chi connectivity index (χ0n) is 33.1. The summed E-state index contributed by atoms with van der Waals surface area (Å²) in [7, 11) is -10.8. The maximum atomic E-state index is 12.9. The van der Waals surface area contributed by atoms with Gasteiger partial charge in [0.25, 0.3) is 0 Å². The fourth-order valence-electron chi connectivity index (χ4n) is 5.27. The molecule has 0 aromatic carbocycles. The minimum absolute atomic E-state index is 0.0407. The largest absolute Gasteiger partial charge is 0.472 e. The molecule has 0 aliphatic heterocycles. The molecule has 0 amide bonds. The van der Waals surface area contributed by atoms with Gasteiger partial charge in [0.15, 0.2) is 6.10 Å². The second-order valence-corrected chi connectivity index (χ2v) is 15.6. The van der Waals surface area contributed by atoms with Crippen LogP contribution in [-0.2, 0) is 41.8 Å². The van der Waals surface area contributed by atoms with E-state index >= 15 is 0 Å². The van der Waals surface area contributed by atoms with Gasteiger partial charge in [0.1, 0.15) is 43.2 Å². The number of hydrogen-bond acceptors (Lipinski definition) is 13. The van der Waals surface area contributed by atoms with Gasteiger partial charge in [-0.2, -0.15) is 0 Å². The van der Waals surface area contributed by atoms with E-state index in [1.165, 1.54) is 44.9 Å². The summed E-state index contributed by atoms with van der Waals surface area (Å²) in [5, 5.41) is 41.0. The lowest BCUT2D eigenvalue weighted by Gasteiger charge is -2.43. The van der Waals surface area contributed by atoms with Gasteiger partial charge in [-0.15, -0.1) is 6.42 Å². The zero-order chi connectivity index (χ0) is 44.7. The van der Waals surface area contributed by atoms with E-state index in [9.17, 15) is 44.0 Å². The average molecular weight is 873 g/mol. The number of ether oxygens (including phenoxy) is 2. The highest BCUT2D eigenvalue weighted by atomic mass is 31.2. The van der Waals surface area contributed by atoms with Crippen molar-refractivity contribution >= 4 is 27.6 Å². The van der Waals surface area contributed by atoms with E-state index in [-0.39, 0.29) is 6.42 Å². The molecule has 7 N–H and O–H groups in total. The molecule has 0 heterocycles. The predicted octanol–water partition coefficient (Wildman–Crippen LogP) is 2.02. The van der Waals surface area contributed by atoms with Crippen LogP contribution in [0.2, 0.25) is 0 Å². The Hall–Kier alpha value is -4.52. The third-order valence-electron chi connectivity index (χ3n) is 8.15. The number of aliphatic hydroxyl groups is 4. The fraction of sp³-hybridized carbons (Fsp3) is 0.571. The molecule has 1 aliphatic carbocycles. The summed E-state index contributed by atoms with van der Waals surface area (Å²) >= 11 is 0. The Labute approximate surface area is 351 Å². The van der Waals surface area contributed by atoms with Crippen LogP contribution in [0.1, 0.15) is 96.8 Å². The summed E-state index contributed by atoms with van der Waals surface area (Å²) in [5.41, 5.74) is 0. The van der Waals surface area contributed by atoms with Crippen LogP contribution in [0, 0.1) is 95.2 Å². The normalized spacial score (nSPS) is 20.3. The highest BCUT2D eigenvalue weighted by Gasteiger charge is 2.54. The lowest BCUT2D eigenvalue weighted by molar-refractivity contribution is -0.216. The Morgan fingerprint density at radius 1 is 0.583 bits per heavy atom. The average Bonchev–Trinajstić information content (AvgIpc) is 3.20. The predicted molar refractivity (Wildman–Crippen MR) is 216 cm³/mol. The quantitative estimate of drug-likeness (QED) is 0.0241. The van der Waals surface area contributed by atoms with Gasteiger partial charge in [-0.3, -0.25) is 18.4 Å². The van der Waals surface area contributed by atoms with Crippen LogP contribution in [0.25, 0.3) is 0 Å². The van der Waals surface area contributed by atoms with Crippen LogP contribution in [0.4, 0.5) is 0 Å². The molecule has 1 fully saturated rings. The highest BCUT2D eigenvalue weighted by Crippen LogP contribution is 2.49. The Kier molecular flexibility index (Phi) is 28.0. The van der Waals surface area contributed by atoms with Gasteiger partial charge in [-0.25, -0.2) is 13.9 Å². The van der Waals surface area contributed by atoms with Crippen molar-refractivity contribution in [2.45, 2.75) is 140 Å². The number of terminal acetylenes is 1. The number of phosphoric ester groups is 2. The maximum Gasteiger partial charge on any atom is 0.472 e. The van der Waals surface area contributed by atoms with Crippen molar-refractivity contribution in [3.8, 4) is 95.2 Å². The molecule has 0 aromatic rings. The van der Waals surface area contributed by atoms with Crippen molar-refractivity contribution in [3.63, 3.8) is 0 Å². The van der Waals surface area contributed by atoms with Gasteiger partial charge in [-0.1, -0.05) is 84.0 Å². The summed E-state index contributed by atoms with van der Waals surface area (Å²) in [6.07, 6.45) is 3.74. The molecule has 18 heteroatoms. The zero-order valence-corrected chi connectivity index (χ0v) is 34.9. The van der Waals surface area contributed by atoms with Gasteiger partial charge < -0.3 is 44.6 Å². The molecule has 0 spiro atoms. The topological polar surface area (TPSA) is 256 Å². The van der Waals surface area contributed by atoms with Gasteiger partial charge in [-0.05, 0) is 89.3 Å². The summed E-state index contributed by atoms with van der Waals surface area (Å²) < 4.78 is 48.5. The smallest absolute Gasteiger partial charge is 0.456 e. The molecule has 0 saturated heterocycles. The number of hydrogen-bond donors (Lipinski definition) is 7. The molecule has 0 radical (unpaired) electrons. The van der Waals surface area contributed by atoms with Crippen molar-refractivity contribution in [1.29, 1.82) is 0 Å². The number of rotatable bonds is 24. The van der Waals surface area contributed by atoms with Gasteiger partial charge >= 0.3 is 27.6 Å². The first-order valence-corrected chi connectivity index (χ1v) is 22.1. The fourth-order valence-corrected chi connectivity index (χ4v) is 6.81. The van der Waals surface area contributed by atoms with Crippen molar-refractivity contribution in [2.24, 2.45) is 0 Å². The Bertz CT molecular complexity index is 1970. The minimum Gasteiger partial charge on any atom is -0.456 e. The third kappa shape index (κ3) is 25.9. The summed E-state index contributed by atoms with van der Waals surface area (Å²) in [6.45, 7) is 0.497. The number of aliphatic hydroxyl groups excluding tert-OH is 4. The highest BCUT2D eigenvalue weighted by molar-refractivity contribution is 7.47. The number of carbonyl (C=O) groups is 2. The lowest BCUT2D eigenvalue weighted by Crippen LogP contribution is -2.64. The molecule has 60 heavy (non-hydrogen) atoms. The molecular formula is C42H50O16P2. The monoisotopic (exact) mass is 872 g/mol. The molecule has 0 bridgehead atoms. The van der Waals surface area contributed by atoms with E-state index < -0.39 is 83.5 Å². The van der Waals surface area contributed by atoms with Crippen LogP contribution < -0.4 is 0 Å². The van der Waals surface area contributed by atoms with E-state index in [4.69, 9.17) is 34.7 Å². The van der Waals surface area contributed by atoms with Crippen LogP contribution in [-0.4, -0.2) is 103 Å². The molecule has 1 aliphatic rings. The lowest BCUT2D eigenvalue weighted by atomic mass is 9.85. The number of phosphoric acid groups is 2. The van der Waals surface area contributed by atoms with Crippen LogP contribution in [0.15, 0.2) is 0 Å². The molecule has 1 rings (SSSR count). The van der Waals surface area contributed by atoms with E-state index in [0.29, 0.717) is 6.42 Å². The van der Waals surface area contributed by atoms with Gasteiger partial charge in [0.05, 0.1) is 6.61 Å². The van der Waals surface area contributed by atoms with Crippen molar-refractivity contribution in [2.75, 3.05) is 13.2 Å². The van der Waals surface area contributed by atoms with Crippen molar-refractivity contribution < 1.29 is 76.9 Å². The SMILES string of the molecule is C#CC#CC#CC#CC#CC#CC#CC#CC(=O)OC[C@H](COP(=O)(O)OC1C(O)[C@@H](OP(=O)(O)O)C(O)[C@@H](O)[C@H]1O)OC(=O)CCCCCCCCCCCCCCC. The Morgan fingerprint density at radius 3 is 1.48 bits per heavy atom. The standard InChI is InChI=1S/C42H50O16P2/c1-3-5-7-9-11-13-15-17-19-20-22-24-26-28-30-35(43)54-32-34(56-36(44)31-29-27-25-23-21-18-16-14-12-10-8-6-4-2)33-55-60(52,53)58-42-39(47)37(45)38(46)41(40(42)48)57-59(49,50)51/h1,34,37-42,45-48H,4,6,8,10,12,14,16,18,21,23,25,27,29,31-33H2,2H3,(H,52,53)(H2,49,50,51)/t34-,37-,38?,39-,40?,41+,42?/m1/s1. The second-order valence-electron chi connectivity index (χ2n) is 13.0. The maximum absolute atomic E-state index is 12.9. The van der Waals surface area contributed by atoms with Crippen molar-refractivity contribution in [3.05, 3.63) is 0 Å². The Balaban J connectivity index is 2.84. The second kappa shape index (κ2) is 31.4. The van der Waals surface area contributed by atoms with Crippen LogP contribution in [0.5, 0.6) is 0 Å². The molecule has 4 unspecified atom stereocenters. The third-order valence-corrected chi connectivity index (χ3v) is 9.66. The summed E-state index contributed by atoms with van der Waals surface area (Å²) in [4.78, 5) is 53.6. The van der Waals surface area contributed by atoms with E-state index in [1.54, 1.807) is 0 Å². The molecule has 324 valence electrons. The molecule has 8 atom stereocenters. The first kappa shape index (κ1) is 53.5. The first-order chi connectivity index (χ1) is 28.6. The van der Waals surface area contributed by atoms with Crippen LogP contribution in [0.3, 0.4) is 0 Å². The van der Waals surface area contributed by atoms with E-state index in [0.717, 1.165) is 32.1 Å². The van der Waals surface area contributed by atoms with Gasteiger partial charge in [0.2, 0.25) is 0 Å². The number of carbonyl (C=O) groups excluding carboxylic acids is 2. The molecule has 16 nitrogen and oxygen atoms in total. The number of unbranched alkanes of at least 4 members (excludes halogenated alkanes) is 12. The molecular weight excluding hydrogens is 822 g/mol. The van der Waals surface area contributed by atoms with Gasteiger partial charge in [0, 0.05) is 12.3 Å².